The smallest absolute Gasteiger partial charge is 0.456 e. The summed E-state index contributed by atoms with van der Waals surface area (Å²) in [4.78, 5) is 23.8. The van der Waals surface area contributed by atoms with Gasteiger partial charge in [-0.1, -0.05) is 77.6 Å². The van der Waals surface area contributed by atoms with Crippen LogP contribution in [0.3, 0.4) is 0 Å². The van der Waals surface area contributed by atoms with Crippen LogP contribution in [0.15, 0.2) is 0 Å². The van der Waals surface area contributed by atoms with Crippen LogP contribution in [-0.4, -0.2) is 37.3 Å². The summed E-state index contributed by atoms with van der Waals surface area (Å²) in [6, 6.07) is 0. The average molecular weight is 461 g/mol. The van der Waals surface area contributed by atoms with Crippen LogP contribution in [0.4, 0.5) is 22.0 Å². The van der Waals surface area contributed by atoms with E-state index in [-0.39, 0.29) is 6.61 Å². The van der Waals surface area contributed by atoms with Crippen molar-refractivity contribution in [3.05, 3.63) is 0 Å². The van der Waals surface area contributed by atoms with E-state index >= 15 is 0 Å². The molecular weight excluding hydrogens is 423 g/mol. The average Bonchev–Trinajstić information content (AvgIpc) is 2.68. The lowest BCUT2D eigenvalue weighted by Gasteiger charge is -2.24. The van der Waals surface area contributed by atoms with Gasteiger partial charge in [0.2, 0.25) is 0 Å². The molecule has 0 saturated carbocycles. The highest BCUT2D eigenvalue weighted by atomic mass is 19.4. The van der Waals surface area contributed by atoms with Crippen LogP contribution in [0.5, 0.6) is 0 Å². The van der Waals surface area contributed by atoms with Gasteiger partial charge >= 0.3 is 24.0 Å². The molecule has 0 heterocycles. The molecule has 0 atom stereocenters. The highest BCUT2D eigenvalue weighted by molar-refractivity contribution is 5.99. The second-order valence-electron chi connectivity index (χ2n) is 8.43. The van der Waals surface area contributed by atoms with Crippen molar-refractivity contribution in [2.45, 2.75) is 110 Å². The molecule has 0 aliphatic rings. The third-order valence-electron chi connectivity index (χ3n) is 5.05. The van der Waals surface area contributed by atoms with Crippen LogP contribution in [0, 0.1) is 5.41 Å². The van der Waals surface area contributed by atoms with Crippen molar-refractivity contribution in [3.8, 4) is 0 Å². The minimum atomic E-state index is -5.84. The minimum Gasteiger partial charge on any atom is -0.465 e. The number of unbranched alkanes of at least 4 members (excludes halogenated alkanes) is 11. The first kappa shape index (κ1) is 29.6. The summed E-state index contributed by atoms with van der Waals surface area (Å²) < 4.78 is 71.0. The second kappa shape index (κ2) is 14.6. The number of ether oxygens (including phenoxy) is 2. The quantitative estimate of drug-likeness (QED) is 0.102. The summed E-state index contributed by atoms with van der Waals surface area (Å²) in [6.45, 7) is 2.19. The Morgan fingerprint density at radius 3 is 1.45 bits per heavy atom. The Kier molecular flexibility index (Phi) is 13.9. The van der Waals surface area contributed by atoms with Gasteiger partial charge in [-0.3, -0.25) is 9.59 Å². The van der Waals surface area contributed by atoms with Crippen molar-refractivity contribution in [2.24, 2.45) is 5.41 Å². The molecule has 9 heteroatoms. The van der Waals surface area contributed by atoms with Crippen molar-refractivity contribution < 1.29 is 41.0 Å². The molecule has 0 rings (SSSR count). The molecule has 0 fully saturated rings. The molecule has 0 spiro atoms. The number of rotatable bonds is 17. The van der Waals surface area contributed by atoms with Gasteiger partial charge < -0.3 is 9.47 Å². The molecule has 0 aliphatic heterocycles. The number of alkyl halides is 5. The Morgan fingerprint density at radius 2 is 1.03 bits per heavy atom. The summed E-state index contributed by atoms with van der Waals surface area (Å²) in [6.07, 6.45) is 7.73. The second-order valence-corrected chi connectivity index (χ2v) is 8.43. The van der Waals surface area contributed by atoms with Gasteiger partial charge in [-0.25, -0.2) is 0 Å². The Labute approximate surface area is 182 Å². The summed E-state index contributed by atoms with van der Waals surface area (Å²) in [7, 11) is 0. The molecule has 0 aromatic carbocycles. The van der Waals surface area contributed by atoms with Crippen LogP contribution in [0.1, 0.15) is 97.8 Å². The van der Waals surface area contributed by atoms with Gasteiger partial charge in [-0.15, -0.1) is 0 Å². The summed E-state index contributed by atoms with van der Waals surface area (Å²) in [5.41, 5.74) is -1.97. The molecule has 0 aromatic rings. The van der Waals surface area contributed by atoms with Crippen molar-refractivity contribution >= 4 is 11.9 Å². The first-order chi connectivity index (χ1) is 14.4. The van der Waals surface area contributed by atoms with Gasteiger partial charge in [0.15, 0.2) is 12.0 Å². The monoisotopic (exact) mass is 460 g/mol. The van der Waals surface area contributed by atoms with Gasteiger partial charge in [0.05, 0.1) is 6.61 Å². The lowest BCUT2D eigenvalue weighted by Crippen LogP contribution is -2.44. The van der Waals surface area contributed by atoms with E-state index in [0.29, 0.717) is 6.42 Å². The zero-order chi connectivity index (χ0) is 24.0. The molecule has 31 heavy (non-hydrogen) atoms. The van der Waals surface area contributed by atoms with E-state index in [9.17, 15) is 31.5 Å². The molecule has 0 amide bonds. The Bertz CT molecular complexity index is 519. The van der Waals surface area contributed by atoms with Crippen molar-refractivity contribution in [3.63, 3.8) is 0 Å². The molecule has 184 valence electrons. The fraction of sp³-hybridized carbons (Fsp3) is 0.909. The van der Waals surface area contributed by atoms with Crippen LogP contribution in [0.2, 0.25) is 0 Å². The first-order valence-electron chi connectivity index (χ1n) is 11.1. The van der Waals surface area contributed by atoms with Crippen LogP contribution < -0.4 is 0 Å². The van der Waals surface area contributed by atoms with E-state index in [1.807, 2.05) is 0 Å². The maximum absolute atomic E-state index is 12.8. The van der Waals surface area contributed by atoms with E-state index in [1.54, 1.807) is 0 Å². The number of carbonyl (C=O) groups excluding carboxylic acids is 2. The van der Waals surface area contributed by atoms with E-state index in [2.05, 4.69) is 11.7 Å². The number of carbonyl (C=O) groups is 2. The number of esters is 2. The largest absolute Gasteiger partial charge is 0.465 e. The molecule has 4 nitrogen and oxygen atoms in total. The standard InChI is InChI=1S/C22H37F5O4/c1-4-5-6-7-8-9-10-11-12-13-14-15-16-30-18(28)20(2,3)19(29)31-17-21(23,24)22(25,26)27/h4-17H2,1-3H3. The minimum absolute atomic E-state index is 0.0473. The van der Waals surface area contributed by atoms with Crippen molar-refractivity contribution in [1.82, 2.24) is 0 Å². The van der Waals surface area contributed by atoms with E-state index < -0.39 is 36.1 Å². The fourth-order valence-electron chi connectivity index (χ4n) is 2.79. The molecule has 0 N–H and O–H groups in total. The zero-order valence-electron chi connectivity index (χ0n) is 18.9. The van der Waals surface area contributed by atoms with Crippen LogP contribution in [-0.2, 0) is 19.1 Å². The predicted molar refractivity (Wildman–Crippen MR) is 108 cm³/mol. The topological polar surface area (TPSA) is 52.6 Å². The maximum atomic E-state index is 12.8. The molecular formula is C22H37F5O4. The fourth-order valence-corrected chi connectivity index (χ4v) is 2.79. The zero-order valence-corrected chi connectivity index (χ0v) is 18.9. The van der Waals surface area contributed by atoms with Gasteiger partial charge in [-0.05, 0) is 20.3 Å². The van der Waals surface area contributed by atoms with Crippen LogP contribution >= 0.6 is 0 Å². The highest BCUT2D eigenvalue weighted by Crippen LogP contribution is 2.36. The Balaban J connectivity index is 3.91. The molecule has 0 aliphatic carbocycles. The van der Waals surface area contributed by atoms with Gasteiger partial charge in [0, 0.05) is 0 Å². The lowest BCUT2D eigenvalue weighted by atomic mass is 9.94. The molecule has 0 unspecified atom stereocenters. The lowest BCUT2D eigenvalue weighted by molar-refractivity contribution is -0.294. The van der Waals surface area contributed by atoms with Gasteiger partial charge in [0.25, 0.3) is 0 Å². The normalized spacial score (nSPS) is 12.6. The predicted octanol–water partition coefficient (Wildman–Crippen LogP) is 7.00. The number of hydrogen-bond acceptors (Lipinski definition) is 4. The number of hydrogen-bond donors (Lipinski definition) is 0. The van der Waals surface area contributed by atoms with E-state index in [4.69, 9.17) is 4.74 Å². The van der Waals surface area contributed by atoms with Crippen LogP contribution in [0.25, 0.3) is 0 Å². The first-order valence-corrected chi connectivity index (χ1v) is 11.1. The highest BCUT2D eigenvalue weighted by Gasteiger charge is 2.59. The third kappa shape index (κ3) is 12.3. The van der Waals surface area contributed by atoms with E-state index in [1.165, 1.54) is 44.9 Å². The molecule has 0 aromatic heterocycles. The summed E-state index contributed by atoms with van der Waals surface area (Å²) in [5, 5.41) is 0. The molecule has 0 radical (unpaired) electrons. The van der Waals surface area contributed by atoms with Gasteiger partial charge in [-0.2, -0.15) is 22.0 Å². The SMILES string of the molecule is CCCCCCCCCCCCCCOC(=O)C(C)(C)C(=O)OCC(F)(F)C(F)(F)F. The Hall–Kier alpha value is -1.41. The van der Waals surface area contributed by atoms with Crippen molar-refractivity contribution in [2.75, 3.05) is 13.2 Å². The summed E-state index contributed by atoms with van der Waals surface area (Å²) in [5.74, 6) is -7.69. The van der Waals surface area contributed by atoms with Gasteiger partial charge in [0.1, 0.15) is 0 Å². The van der Waals surface area contributed by atoms with E-state index in [0.717, 1.165) is 39.5 Å². The maximum Gasteiger partial charge on any atom is 0.456 e. The number of halogens is 5. The summed E-state index contributed by atoms with van der Waals surface area (Å²) >= 11 is 0. The molecule has 0 saturated heterocycles. The molecule has 0 bridgehead atoms. The third-order valence-corrected chi connectivity index (χ3v) is 5.05. The Morgan fingerprint density at radius 1 is 0.645 bits per heavy atom. The van der Waals surface area contributed by atoms with Crippen molar-refractivity contribution in [1.29, 1.82) is 0 Å².